The van der Waals surface area contributed by atoms with Gasteiger partial charge in [0.1, 0.15) is 55.8 Å². The predicted octanol–water partition coefficient (Wildman–Crippen LogP) is 29.6. The third-order valence-corrected chi connectivity index (χ3v) is 21.8. The van der Waals surface area contributed by atoms with Crippen LogP contribution in [-0.2, 0) is 0 Å². The number of benzene rings is 17. The molecule has 17 aromatic carbocycles. The molecule has 1 saturated carbocycles. The van der Waals surface area contributed by atoms with Crippen molar-refractivity contribution in [3.63, 3.8) is 0 Å². The second-order valence-electron chi connectivity index (χ2n) is 28.7. The van der Waals surface area contributed by atoms with Crippen LogP contribution in [0, 0.1) is 34.6 Å². The average Bonchev–Trinajstić information content (AvgIpc) is 1.54. The second kappa shape index (κ2) is 25.6. The number of aryl methyl sites for hydroxylation is 5. The normalized spacial score (nSPS) is 12.8. The van der Waals surface area contributed by atoms with Crippen molar-refractivity contribution in [3.05, 3.63) is 325 Å². The Bertz CT molecular complexity index is 7130. The maximum atomic E-state index is 6.46. The van der Waals surface area contributed by atoms with Crippen molar-refractivity contribution in [2.75, 3.05) is 0 Å². The molecule has 1 aliphatic rings. The van der Waals surface area contributed by atoms with E-state index in [4.69, 9.17) is 22.1 Å². The van der Waals surface area contributed by atoms with Gasteiger partial charge in [-0.3, -0.25) is 0 Å². The highest BCUT2D eigenvalue weighted by molar-refractivity contribution is 6.34. The van der Waals surface area contributed by atoms with Gasteiger partial charge in [0.05, 0.1) is 0 Å². The number of rotatable bonds is 1. The van der Waals surface area contributed by atoms with Crippen molar-refractivity contribution < 1.29 is 22.1 Å². The quantitative estimate of drug-likeness (QED) is 0.153. The molecule has 0 saturated heterocycles. The Morgan fingerprint density at radius 2 is 0.644 bits per heavy atom. The summed E-state index contributed by atoms with van der Waals surface area (Å²) in [5, 5.41) is 29.9. The molecule has 0 bridgehead atoms. The van der Waals surface area contributed by atoms with Gasteiger partial charge < -0.3 is 22.1 Å². The van der Waals surface area contributed by atoms with Gasteiger partial charge in [0, 0.05) is 64.6 Å². The summed E-state index contributed by atoms with van der Waals surface area (Å²) >= 11 is 0. The lowest BCUT2D eigenvalue weighted by atomic mass is 9.82. The van der Waals surface area contributed by atoms with Gasteiger partial charge in [-0.2, -0.15) is 0 Å². The van der Waals surface area contributed by atoms with E-state index < -0.39 is 0 Å². The summed E-state index contributed by atoms with van der Waals surface area (Å²) in [5.74, 6) is 0.646. The molecule has 0 spiro atoms. The molecule has 0 aliphatic heterocycles. The first-order chi connectivity index (χ1) is 51.1. The summed E-state index contributed by atoms with van der Waals surface area (Å²) in [4.78, 5) is 0. The largest absolute Gasteiger partial charge is 0.456 e. The molecule has 500 valence electrons. The van der Waals surface area contributed by atoms with Crippen molar-refractivity contribution in [1.82, 2.24) is 0 Å². The van der Waals surface area contributed by atoms with E-state index in [2.05, 4.69) is 326 Å². The first-order valence-corrected chi connectivity index (χ1v) is 36.5. The molecule has 0 unspecified atom stereocenters. The van der Waals surface area contributed by atoms with E-state index in [0.29, 0.717) is 5.92 Å². The molecule has 23 rings (SSSR count). The molecule has 0 radical (unpaired) electrons. The van der Waals surface area contributed by atoms with E-state index in [-0.39, 0.29) is 0 Å². The van der Waals surface area contributed by atoms with E-state index >= 15 is 0 Å². The highest BCUT2D eigenvalue weighted by Gasteiger charge is 2.24. The van der Waals surface area contributed by atoms with E-state index in [1.807, 2.05) is 0 Å². The third-order valence-electron chi connectivity index (χ3n) is 21.8. The minimum atomic E-state index is 0.646. The average molecular weight is 1340 g/mol. The number of fused-ring (bicyclic) bond motifs is 29. The zero-order valence-corrected chi connectivity index (χ0v) is 58.9. The number of hydrogen-bond acceptors (Lipinski definition) is 5. The highest BCUT2D eigenvalue weighted by atomic mass is 16.3. The Kier molecular flexibility index (Phi) is 15.4. The van der Waals surface area contributed by atoms with Gasteiger partial charge in [-0.1, -0.05) is 248 Å². The second-order valence-corrected chi connectivity index (χ2v) is 28.7. The van der Waals surface area contributed by atoms with Crippen LogP contribution in [0.2, 0.25) is 0 Å². The maximum absolute atomic E-state index is 6.46. The van der Waals surface area contributed by atoms with Crippen LogP contribution in [0.25, 0.3) is 185 Å². The number of hydrogen-bond donors (Lipinski definition) is 0. The third kappa shape index (κ3) is 10.8. The van der Waals surface area contributed by atoms with Gasteiger partial charge in [0.2, 0.25) is 0 Å². The van der Waals surface area contributed by atoms with E-state index in [1.54, 1.807) is 0 Å². The van der Waals surface area contributed by atoms with Crippen LogP contribution < -0.4 is 0 Å². The predicted molar refractivity (Wildman–Crippen MR) is 441 cm³/mol. The molecule has 5 nitrogen and oxygen atoms in total. The fourth-order valence-electron chi connectivity index (χ4n) is 16.8. The molecular weight excluding hydrogens is 1270 g/mol. The van der Waals surface area contributed by atoms with Crippen LogP contribution in [0.1, 0.15) is 71.4 Å². The van der Waals surface area contributed by atoms with Gasteiger partial charge in [-0.15, -0.1) is 0 Å². The molecule has 5 aromatic heterocycles. The lowest BCUT2D eigenvalue weighted by molar-refractivity contribution is 0.442. The van der Waals surface area contributed by atoms with E-state index in [9.17, 15) is 0 Å². The lowest BCUT2D eigenvalue weighted by Gasteiger charge is -2.22. The smallest absolute Gasteiger partial charge is 0.143 e. The van der Waals surface area contributed by atoms with Gasteiger partial charge in [0.25, 0.3) is 0 Å². The van der Waals surface area contributed by atoms with E-state index in [0.717, 1.165) is 55.8 Å². The van der Waals surface area contributed by atoms with Crippen LogP contribution >= 0.6 is 0 Å². The SMILES string of the molecule is Cc1cc2oc3c4ccccc4c4ccccc4c3c2c2ccccc12.Cc1ccc2c(c1)oc1c(C3CCCCC3)cc3ccccc3c12.Cc1ccc2oc3c4ccccc4ccc3c2c1.Cc1ccc2oc3cc4ccccc4cc3c2c1.Cc1ccc2oc3ccc4ccccc4c3c2c1. The molecule has 104 heavy (non-hydrogen) atoms. The molecular formula is C99H74O5. The van der Waals surface area contributed by atoms with Crippen LogP contribution in [-0.4, -0.2) is 0 Å². The monoisotopic (exact) mass is 1340 g/mol. The molecule has 22 aromatic rings. The summed E-state index contributed by atoms with van der Waals surface area (Å²) in [5.41, 5.74) is 17.7. The van der Waals surface area contributed by atoms with Crippen molar-refractivity contribution in [1.29, 1.82) is 0 Å². The summed E-state index contributed by atoms with van der Waals surface area (Å²) in [6.45, 7) is 10.6. The number of furan rings is 5. The van der Waals surface area contributed by atoms with Crippen LogP contribution in [0.3, 0.4) is 0 Å². The van der Waals surface area contributed by atoms with Crippen molar-refractivity contribution in [2.45, 2.75) is 72.6 Å². The standard InChI is InChI=1S/C25H16O.C23H22O.3C17H12O/c1-15-14-22-23(19-11-5-2-8-16(15)19)24-20-12-6-3-9-17(20)18-10-4-7-13-21(18)25(24)26-22;1-15-11-12-19-21(13-15)24-23-20(16-7-3-2-4-8-16)14-17-9-5-6-10-18(17)22(19)23;1-11-6-9-16-15(10-11)14-8-7-12-4-2-3-5-13(12)17(14)18-16;1-11-6-8-15-14(10-11)17-13-5-3-2-4-12(13)7-9-16(17)18-15;1-11-6-7-16-14(8-11)15-9-12-4-2-3-5-13(12)10-17(15)18-16/h2-14H,1H3;5-6,9-14,16H,2-4,7-8H2,1H3;3*2-10H,1H3. The Hall–Kier alpha value is -12.4. The zero-order valence-electron chi connectivity index (χ0n) is 58.9. The molecule has 0 N–H and O–H groups in total. The Morgan fingerprint density at radius 1 is 0.212 bits per heavy atom. The first kappa shape index (κ1) is 62.6. The van der Waals surface area contributed by atoms with Crippen molar-refractivity contribution in [3.8, 4) is 0 Å². The zero-order chi connectivity index (χ0) is 69.7. The Labute approximate surface area is 600 Å². The molecule has 0 atom stereocenters. The Balaban J connectivity index is 0.0000000903. The highest BCUT2D eigenvalue weighted by Crippen LogP contribution is 2.47. The molecule has 0 amide bonds. The summed E-state index contributed by atoms with van der Waals surface area (Å²) in [7, 11) is 0. The first-order valence-electron chi connectivity index (χ1n) is 36.5. The van der Waals surface area contributed by atoms with Gasteiger partial charge in [0.15, 0.2) is 0 Å². The molecule has 5 heterocycles. The van der Waals surface area contributed by atoms with Gasteiger partial charge in [-0.25, -0.2) is 0 Å². The molecule has 1 fully saturated rings. The van der Waals surface area contributed by atoms with Crippen LogP contribution in [0.4, 0.5) is 0 Å². The minimum Gasteiger partial charge on any atom is -0.456 e. The fraction of sp³-hybridized carbons (Fsp3) is 0.111. The topological polar surface area (TPSA) is 65.7 Å². The van der Waals surface area contributed by atoms with Gasteiger partial charge in [-0.05, 0) is 214 Å². The Morgan fingerprint density at radius 3 is 1.35 bits per heavy atom. The van der Waals surface area contributed by atoms with Gasteiger partial charge >= 0.3 is 0 Å². The molecule has 5 heteroatoms. The van der Waals surface area contributed by atoms with Crippen LogP contribution in [0.15, 0.2) is 313 Å². The van der Waals surface area contributed by atoms with Crippen molar-refractivity contribution in [2.24, 2.45) is 0 Å². The fourth-order valence-corrected chi connectivity index (χ4v) is 16.8. The van der Waals surface area contributed by atoms with Crippen LogP contribution in [0.5, 0.6) is 0 Å². The van der Waals surface area contributed by atoms with Crippen molar-refractivity contribution >= 4 is 185 Å². The molecule has 1 aliphatic carbocycles. The minimum absolute atomic E-state index is 0.646. The summed E-state index contributed by atoms with van der Waals surface area (Å²) in [6, 6.07) is 103. The lowest BCUT2D eigenvalue weighted by Crippen LogP contribution is -2.04. The maximum Gasteiger partial charge on any atom is 0.143 e. The summed E-state index contributed by atoms with van der Waals surface area (Å²) in [6.07, 6.45) is 6.66. The summed E-state index contributed by atoms with van der Waals surface area (Å²) < 4.78 is 30.7. The van der Waals surface area contributed by atoms with E-state index in [1.165, 1.54) is 195 Å².